The monoisotopic (exact) mass is 184 g/mol. The molecule has 0 saturated heterocycles. The lowest BCUT2D eigenvalue weighted by Gasteiger charge is -2.07. The maximum Gasteiger partial charge on any atom is 0.0895 e. The van der Waals surface area contributed by atoms with Gasteiger partial charge in [0.05, 0.1) is 12.7 Å². The third-order valence-electron chi connectivity index (χ3n) is 1.81. The van der Waals surface area contributed by atoms with E-state index in [0.29, 0.717) is 6.54 Å². The van der Waals surface area contributed by atoms with Gasteiger partial charge in [0, 0.05) is 32.5 Å². The summed E-state index contributed by atoms with van der Waals surface area (Å²) in [6, 6.07) is 2.01. The average Bonchev–Trinajstić information content (AvgIpc) is 2.51. The summed E-state index contributed by atoms with van der Waals surface area (Å²) in [5.74, 6) is 0. The zero-order valence-electron chi connectivity index (χ0n) is 7.77. The first-order valence-corrected chi connectivity index (χ1v) is 4.33. The summed E-state index contributed by atoms with van der Waals surface area (Å²) < 4.78 is 1.97. The molecule has 1 aromatic rings. The molecule has 74 valence electrons. The maximum atomic E-state index is 9.02. The molecule has 1 rings (SSSR count). The van der Waals surface area contributed by atoms with E-state index >= 15 is 0 Å². The van der Waals surface area contributed by atoms with Crippen molar-refractivity contribution in [3.63, 3.8) is 0 Å². The lowest BCUT2D eigenvalue weighted by Crippen LogP contribution is -2.28. The van der Waals surface area contributed by atoms with E-state index in [1.807, 2.05) is 30.1 Å². The molecule has 0 radical (unpaired) electrons. The van der Waals surface area contributed by atoms with Crippen LogP contribution in [-0.2, 0) is 13.6 Å². The summed E-state index contributed by atoms with van der Waals surface area (Å²) in [5.41, 5.74) is 1.17. The molecule has 1 atom stereocenters. The first-order valence-electron chi connectivity index (χ1n) is 4.33. The fourth-order valence-electron chi connectivity index (χ4n) is 1.11. The van der Waals surface area contributed by atoms with Crippen molar-refractivity contribution in [3.05, 3.63) is 24.0 Å². The van der Waals surface area contributed by atoms with E-state index in [1.54, 1.807) is 0 Å². The Kier molecular flexibility index (Phi) is 3.95. The molecule has 4 heteroatoms. The van der Waals surface area contributed by atoms with Crippen LogP contribution in [0.5, 0.6) is 0 Å². The third-order valence-corrected chi connectivity index (χ3v) is 1.81. The molecule has 1 unspecified atom stereocenters. The number of nitrogens with one attached hydrogen (secondary N) is 1. The highest BCUT2D eigenvalue weighted by atomic mass is 16.3. The van der Waals surface area contributed by atoms with Crippen LogP contribution in [0.25, 0.3) is 0 Å². The molecule has 1 heterocycles. The van der Waals surface area contributed by atoms with E-state index < -0.39 is 6.10 Å². The van der Waals surface area contributed by atoms with Crippen LogP contribution in [0.3, 0.4) is 0 Å². The minimum absolute atomic E-state index is 0.193. The highest BCUT2D eigenvalue weighted by molar-refractivity contribution is 5.09. The molecule has 4 nitrogen and oxygen atoms in total. The number of aliphatic hydroxyl groups is 2. The lowest BCUT2D eigenvalue weighted by atomic mass is 10.3. The van der Waals surface area contributed by atoms with E-state index in [-0.39, 0.29) is 6.61 Å². The molecule has 0 amide bonds. The predicted molar refractivity (Wildman–Crippen MR) is 50.2 cm³/mol. The molecule has 0 saturated carbocycles. The number of hydrogen-bond donors (Lipinski definition) is 3. The van der Waals surface area contributed by atoms with Crippen LogP contribution in [0.4, 0.5) is 0 Å². The van der Waals surface area contributed by atoms with E-state index in [2.05, 4.69) is 5.32 Å². The number of rotatable bonds is 5. The van der Waals surface area contributed by atoms with Gasteiger partial charge in [-0.15, -0.1) is 0 Å². The second-order valence-corrected chi connectivity index (χ2v) is 3.15. The van der Waals surface area contributed by atoms with Crippen molar-refractivity contribution in [1.82, 2.24) is 9.88 Å². The Hall–Kier alpha value is -0.840. The SMILES string of the molecule is Cn1ccc(CNCC(O)CO)c1. The minimum atomic E-state index is -0.663. The molecular weight excluding hydrogens is 168 g/mol. The van der Waals surface area contributed by atoms with E-state index in [0.717, 1.165) is 6.54 Å². The zero-order chi connectivity index (χ0) is 9.68. The molecule has 0 aromatic carbocycles. The first kappa shape index (κ1) is 10.2. The zero-order valence-corrected chi connectivity index (χ0v) is 7.77. The van der Waals surface area contributed by atoms with Gasteiger partial charge < -0.3 is 20.1 Å². The van der Waals surface area contributed by atoms with E-state index in [1.165, 1.54) is 5.56 Å². The Bertz CT molecular complexity index is 248. The summed E-state index contributed by atoms with van der Waals surface area (Å²) >= 11 is 0. The molecule has 1 aromatic heterocycles. The van der Waals surface area contributed by atoms with Gasteiger partial charge in [-0.1, -0.05) is 0 Å². The van der Waals surface area contributed by atoms with Crippen LogP contribution in [0, 0.1) is 0 Å². The normalized spacial score (nSPS) is 13.2. The van der Waals surface area contributed by atoms with Gasteiger partial charge >= 0.3 is 0 Å². The summed E-state index contributed by atoms with van der Waals surface area (Å²) in [4.78, 5) is 0. The van der Waals surface area contributed by atoms with Gasteiger partial charge in [-0.2, -0.15) is 0 Å². The fourth-order valence-corrected chi connectivity index (χ4v) is 1.11. The van der Waals surface area contributed by atoms with Crippen LogP contribution in [0.2, 0.25) is 0 Å². The number of aryl methyl sites for hydroxylation is 1. The van der Waals surface area contributed by atoms with Gasteiger partial charge in [-0.05, 0) is 11.6 Å². The second kappa shape index (κ2) is 5.01. The number of nitrogens with zero attached hydrogens (tertiary/aromatic N) is 1. The number of aromatic nitrogens is 1. The van der Waals surface area contributed by atoms with Crippen LogP contribution in [0.1, 0.15) is 5.56 Å². The minimum Gasteiger partial charge on any atom is -0.394 e. The average molecular weight is 184 g/mol. The molecule has 0 fully saturated rings. The molecule has 0 bridgehead atoms. The molecule has 13 heavy (non-hydrogen) atoms. The van der Waals surface area contributed by atoms with Gasteiger partial charge in [0.25, 0.3) is 0 Å². The Labute approximate surface area is 77.8 Å². The fraction of sp³-hybridized carbons (Fsp3) is 0.556. The van der Waals surface area contributed by atoms with Gasteiger partial charge in [-0.3, -0.25) is 0 Å². The third kappa shape index (κ3) is 3.59. The molecule has 0 aliphatic carbocycles. The Morgan fingerprint density at radius 2 is 2.38 bits per heavy atom. The number of aliphatic hydroxyl groups excluding tert-OH is 2. The second-order valence-electron chi connectivity index (χ2n) is 3.15. The molecule has 0 aliphatic heterocycles. The Morgan fingerprint density at radius 3 is 2.92 bits per heavy atom. The highest BCUT2D eigenvalue weighted by Crippen LogP contribution is 1.98. The van der Waals surface area contributed by atoms with Gasteiger partial charge in [0.2, 0.25) is 0 Å². The molecule has 0 spiro atoms. The van der Waals surface area contributed by atoms with Crippen molar-refractivity contribution in [2.45, 2.75) is 12.6 Å². The van der Waals surface area contributed by atoms with E-state index in [9.17, 15) is 0 Å². The smallest absolute Gasteiger partial charge is 0.0895 e. The van der Waals surface area contributed by atoms with Gasteiger partial charge in [0.15, 0.2) is 0 Å². The van der Waals surface area contributed by atoms with Crippen LogP contribution >= 0.6 is 0 Å². The molecular formula is C9H16N2O2. The molecule has 0 aliphatic rings. The topological polar surface area (TPSA) is 57.4 Å². The van der Waals surface area contributed by atoms with Crippen molar-refractivity contribution >= 4 is 0 Å². The Balaban J connectivity index is 2.20. The van der Waals surface area contributed by atoms with Crippen molar-refractivity contribution in [3.8, 4) is 0 Å². The van der Waals surface area contributed by atoms with E-state index in [4.69, 9.17) is 10.2 Å². The highest BCUT2D eigenvalue weighted by Gasteiger charge is 2.00. The quantitative estimate of drug-likeness (QED) is 0.576. The van der Waals surface area contributed by atoms with Crippen molar-refractivity contribution < 1.29 is 10.2 Å². The lowest BCUT2D eigenvalue weighted by molar-refractivity contribution is 0.0942. The van der Waals surface area contributed by atoms with Crippen LogP contribution < -0.4 is 5.32 Å². The summed E-state index contributed by atoms with van der Waals surface area (Å²) in [5, 5.41) is 20.6. The van der Waals surface area contributed by atoms with Crippen molar-refractivity contribution in [1.29, 1.82) is 0 Å². The summed E-state index contributed by atoms with van der Waals surface area (Å²) in [6.45, 7) is 0.949. The van der Waals surface area contributed by atoms with Crippen molar-refractivity contribution in [2.24, 2.45) is 7.05 Å². The summed E-state index contributed by atoms with van der Waals surface area (Å²) in [6.07, 6.45) is 3.32. The predicted octanol–water partition coefficient (Wildman–Crippen LogP) is -0.532. The van der Waals surface area contributed by atoms with Gasteiger partial charge in [-0.25, -0.2) is 0 Å². The number of hydrogen-bond acceptors (Lipinski definition) is 3. The summed E-state index contributed by atoms with van der Waals surface area (Å²) in [7, 11) is 1.96. The first-order chi connectivity index (χ1) is 6.22. The van der Waals surface area contributed by atoms with Crippen LogP contribution in [0.15, 0.2) is 18.5 Å². The molecule has 3 N–H and O–H groups in total. The van der Waals surface area contributed by atoms with Gasteiger partial charge in [0.1, 0.15) is 0 Å². The van der Waals surface area contributed by atoms with Crippen LogP contribution in [-0.4, -0.2) is 34.0 Å². The Morgan fingerprint density at radius 1 is 1.62 bits per heavy atom. The largest absolute Gasteiger partial charge is 0.394 e. The maximum absolute atomic E-state index is 9.02. The van der Waals surface area contributed by atoms with Crippen molar-refractivity contribution in [2.75, 3.05) is 13.2 Å². The standard InChI is InChI=1S/C9H16N2O2/c1-11-3-2-8(6-11)4-10-5-9(13)7-12/h2-3,6,9-10,12-13H,4-5,7H2,1H3.